The van der Waals surface area contributed by atoms with E-state index in [2.05, 4.69) is 173 Å². The van der Waals surface area contributed by atoms with Crippen molar-refractivity contribution >= 4 is 148 Å². The summed E-state index contributed by atoms with van der Waals surface area (Å²) in [4.78, 5) is 72.5. The molecule has 0 atom stereocenters. The third-order valence-electron chi connectivity index (χ3n) is 17.6. The number of aldehydes is 1. The van der Waals surface area contributed by atoms with Gasteiger partial charge < -0.3 is 0 Å². The molecule has 0 radical (unpaired) electrons. The lowest BCUT2D eigenvalue weighted by molar-refractivity contribution is -0.109. The number of thiophene rings is 8. The average molecular weight is 1490 g/mol. The standard InChI is InChI=1S/C82H86O4S11/c1-8-12-16-20-24-56-48-66(52-83)90-78(56)72-45-42-69(92-72)70-43-46-73(93-70)79-58(26-22-18-14-10-3)50-76(96-79)81-57(25-21-17-13-9-2)49-75(95-81)71-41-40-67(91-71)68-44-47-74(94-68)80-59(27-23-19-15-11-4)51-77(97-80)82(60-28-34-63(35-29-60)87-53(5)84,61-30-36-64(37-31-61)88-54(6)85)62-32-38-65(39-33-62)89-55(7)86/h28-52H,8-27H2,1-7H3. The number of carbonyl (C=O) groups is 4. The van der Waals surface area contributed by atoms with Gasteiger partial charge in [0.1, 0.15) is 0 Å². The van der Waals surface area contributed by atoms with E-state index in [1.54, 1.807) is 32.1 Å². The van der Waals surface area contributed by atoms with Crippen LogP contribution in [0.25, 0.3) is 68.3 Å². The number of unbranched alkanes of at least 4 members (excludes halogenated alkanes) is 12. The lowest BCUT2D eigenvalue weighted by Gasteiger charge is -2.35. The van der Waals surface area contributed by atoms with Gasteiger partial charge in [0, 0.05) is 109 Å². The summed E-state index contributed by atoms with van der Waals surface area (Å²) in [5, 5.41) is 0.117. The summed E-state index contributed by atoms with van der Waals surface area (Å²) in [7, 11) is 0. The first kappa shape index (κ1) is 73.2. The van der Waals surface area contributed by atoms with Gasteiger partial charge in [0.25, 0.3) is 0 Å². The Bertz CT molecular complexity index is 4250. The van der Waals surface area contributed by atoms with Gasteiger partial charge in [0.2, 0.25) is 0 Å². The van der Waals surface area contributed by atoms with Crippen molar-refractivity contribution in [1.82, 2.24) is 0 Å². The van der Waals surface area contributed by atoms with Gasteiger partial charge >= 0.3 is 0 Å². The highest BCUT2D eigenvalue weighted by Gasteiger charge is 2.41. The second-order valence-corrected chi connectivity index (χ2v) is 37.3. The van der Waals surface area contributed by atoms with Crippen LogP contribution in [0.2, 0.25) is 0 Å². The van der Waals surface area contributed by atoms with Crippen molar-refractivity contribution in [3.8, 4) is 68.3 Å². The van der Waals surface area contributed by atoms with Crippen molar-refractivity contribution in [1.29, 1.82) is 0 Å². The number of carbonyl (C=O) groups excluding carboxylic acids is 4. The summed E-state index contributed by atoms with van der Waals surface area (Å²) in [6.45, 7) is 14.0. The highest BCUT2D eigenvalue weighted by atomic mass is 32.2. The second kappa shape index (κ2) is 35.5. The Balaban J connectivity index is 0.943. The molecular weight excluding hydrogens is 1400 g/mol. The van der Waals surface area contributed by atoms with E-state index in [1.165, 1.54) is 208 Å². The molecule has 0 amide bonds. The predicted molar refractivity (Wildman–Crippen MR) is 432 cm³/mol. The summed E-state index contributed by atoms with van der Waals surface area (Å²) in [6, 6.07) is 53.9. The Hall–Kier alpha value is -5.01. The zero-order chi connectivity index (χ0) is 67.8. The fourth-order valence-electron chi connectivity index (χ4n) is 12.9. The molecule has 504 valence electrons. The van der Waals surface area contributed by atoms with E-state index in [4.69, 9.17) is 0 Å². The topological polar surface area (TPSA) is 68.3 Å². The van der Waals surface area contributed by atoms with E-state index in [9.17, 15) is 19.2 Å². The lowest BCUT2D eigenvalue weighted by atomic mass is 9.68. The fraction of sp³-hybridized carbons (Fsp3) is 0.341. The molecule has 11 aromatic rings. The lowest BCUT2D eigenvalue weighted by Crippen LogP contribution is -2.30. The zero-order valence-corrected chi connectivity index (χ0v) is 65.7. The average Bonchev–Trinajstić information content (AvgIpc) is 1.72. The highest BCUT2D eigenvalue weighted by Crippen LogP contribution is 2.55. The van der Waals surface area contributed by atoms with E-state index < -0.39 is 5.41 Å². The molecule has 0 bridgehead atoms. The van der Waals surface area contributed by atoms with E-state index in [-0.39, 0.29) is 15.3 Å². The van der Waals surface area contributed by atoms with Crippen molar-refractivity contribution in [3.05, 3.63) is 194 Å². The van der Waals surface area contributed by atoms with Crippen LogP contribution >= 0.6 is 126 Å². The largest absolute Gasteiger partial charge is 0.297 e. The molecule has 0 saturated carbocycles. The van der Waals surface area contributed by atoms with Crippen LogP contribution in [0.15, 0.2) is 160 Å². The van der Waals surface area contributed by atoms with E-state index >= 15 is 0 Å². The molecule has 3 aromatic carbocycles. The number of thioether (sulfide) groups is 3. The van der Waals surface area contributed by atoms with Gasteiger partial charge in [-0.1, -0.05) is 176 Å². The zero-order valence-electron chi connectivity index (χ0n) is 56.7. The van der Waals surface area contributed by atoms with Gasteiger partial charge in [0.05, 0.1) is 10.3 Å². The normalized spacial score (nSPS) is 11.7. The summed E-state index contributed by atoms with van der Waals surface area (Å²) in [5.74, 6) is 0. The maximum absolute atomic E-state index is 12.4. The Labute approximate surface area is 620 Å². The smallest absolute Gasteiger partial charge is 0.190 e. The molecule has 15 heteroatoms. The van der Waals surface area contributed by atoms with Crippen LogP contribution in [0.5, 0.6) is 0 Å². The van der Waals surface area contributed by atoms with Crippen molar-refractivity contribution in [2.24, 2.45) is 0 Å². The number of hydrogen-bond donors (Lipinski definition) is 0. The third-order valence-corrected chi connectivity index (χ3v) is 30.4. The monoisotopic (exact) mass is 1490 g/mol. The Kier molecular flexibility index (Phi) is 26.8. The van der Waals surface area contributed by atoms with Crippen LogP contribution in [0, 0.1) is 0 Å². The third kappa shape index (κ3) is 18.2. The second-order valence-electron chi connectivity index (χ2n) is 25.0. The summed E-state index contributed by atoms with van der Waals surface area (Å²) >= 11 is 18.8. The number of rotatable bonds is 35. The van der Waals surface area contributed by atoms with Crippen LogP contribution in [0.3, 0.4) is 0 Å². The SMILES string of the molecule is CCCCCCc1cc(C=O)sc1-c1ccc(-c2ccc(-c3sc(-c4sc(-c5ccc(-c6ccc(-c7sc(C(c8ccc(SC(C)=O)cc8)(c8ccc(SC(C)=O)cc8)c8ccc(SC(C)=O)cc8)cc7CCCCCC)s6)s5)cc4CCCCCC)cc3CCCCCC)s2)s1. The van der Waals surface area contributed by atoms with Crippen molar-refractivity contribution in [2.75, 3.05) is 0 Å². The van der Waals surface area contributed by atoms with Gasteiger partial charge in [-0.05, 0) is 200 Å². The Morgan fingerprint density at radius 1 is 0.320 bits per heavy atom. The Morgan fingerprint density at radius 3 is 0.990 bits per heavy atom. The highest BCUT2D eigenvalue weighted by molar-refractivity contribution is 8.14. The van der Waals surface area contributed by atoms with Crippen molar-refractivity contribution < 1.29 is 19.2 Å². The molecule has 0 N–H and O–H groups in total. The molecule has 8 aromatic heterocycles. The Morgan fingerprint density at radius 2 is 0.619 bits per heavy atom. The molecule has 0 aliphatic heterocycles. The first-order valence-corrected chi connectivity index (χ1v) is 43.5. The predicted octanol–water partition coefficient (Wildman–Crippen LogP) is 28.4. The number of hydrogen-bond acceptors (Lipinski definition) is 15. The maximum atomic E-state index is 12.4. The minimum absolute atomic E-state index is 0.0389. The molecule has 97 heavy (non-hydrogen) atoms. The first-order valence-electron chi connectivity index (χ1n) is 34.5. The fourth-order valence-corrected chi connectivity index (χ4v) is 24.5. The van der Waals surface area contributed by atoms with Crippen molar-refractivity contribution in [2.45, 2.75) is 197 Å². The van der Waals surface area contributed by atoms with E-state index in [1.807, 2.05) is 79.4 Å². The van der Waals surface area contributed by atoms with Gasteiger partial charge in [-0.25, -0.2) is 0 Å². The van der Waals surface area contributed by atoms with E-state index in [0.29, 0.717) is 0 Å². The summed E-state index contributed by atoms with van der Waals surface area (Å²) in [5.41, 5.74) is 8.03. The molecule has 0 unspecified atom stereocenters. The van der Waals surface area contributed by atoms with Crippen LogP contribution in [0.4, 0.5) is 0 Å². The molecule has 11 rings (SSSR count). The van der Waals surface area contributed by atoms with Crippen molar-refractivity contribution in [3.63, 3.8) is 0 Å². The van der Waals surface area contributed by atoms with Crippen LogP contribution in [0.1, 0.15) is 205 Å². The maximum Gasteiger partial charge on any atom is 0.190 e. The summed E-state index contributed by atoms with van der Waals surface area (Å²) in [6.07, 6.45) is 24.4. The van der Waals surface area contributed by atoms with Gasteiger partial charge in [0.15, 0.2) is 21.6 Å². The molecule has 0 fully saturated rings. The van der Waals surface area contributed by atoms with Crippen LogP contribution in [-0.4, -0.2) is 21.6 Å². The number of aryl methyl sites for hydroxylation is 4. The minimum Gasteiger partial charge on any atom is -0.297 e. The van der Waals surface area contributed by atoms with Gasteiger partial charge in [-0.3, -0.25) is 19.2 Å². The number of benzene rings is 3. The molecule has 4 nitrogen and oxygen atoms in total. The molecule has 8 heterocycles. The van der Waals surface area contributed by atoms with Crippen LogP contribution in [-0.2, 0) is 45.5 Å². The van der Waals surface area contributed by atoms with Gasteiger partial charge in [-0.2, -0.15) is 0 Å². The molecule has 0 spiro atoms. The molecule has 0 aliphatic carbocycles. The van der Waals surface area contributed by atoms with Crippen LogP contribution < -0.4 is 0 Å². The molecule has 0 aliphatic rings. The quantitative estimate of drug-likeness (QED) is 0.0170. The minimum atomic E-state index is -0.798. The first-order chi connectivity index (χ1) is 47.3. The molecular formula is C82H86O4S11. The summed E-state index contributed by atoms with van der Waals surface area (Å²) < 4.78 is 0. The molecule has 0 saturated heterocycles. The van der Waals surface area contributed by atoms with Gasteiger partial charge in [-0.15, -0.1) is 90.7 Å². The van der Waals surface area contributed by atoms with E-state index in [0.717, 1.165) is 93.9 Å².